The van der Waals surface area contributed by atoms with Crippen molar-refractivity contribution in [1.29, 1.82) is 0 Å². The molecule has 18 heavy (non-hydrogen) atoms. The van der Waals surface area contributed by atoms with Crippen LogP contribution in [-0.4, -0.2) is 4.92 Å². The smallest absolute Gasteiger partial charge is 0.283 e. The molecule has 5 heteroatoms. The maximum Gasteiger partial charge on any atom is 0.283 e. The zero-order valence-electron chi connectivity index (χ0n) is 9.38. The molecule has 92 valence electrons. The van der Waals surface area contributed by atoms with Gasteiger partial charge in [0.1, 0.15) is 12.4 Å². The van der Waals surface area contributed by atoms with Crippen LogP contribution in [0.5, 0.6) is 5.75 Å². The Bertz CT molecular complexity index is 531. The number of ether oxygens (including phenoxy) is 1. The van der Waals surface area contributed by atoms with E-state index in [9.17, 15) is 10.1 Å². The van der Waals surface area contributed by atoms with Gasteiger partial charge in [0.05, 0.1) is 9.40 Å². The number of fused-ring (bicyclic) bond motifs is 3. The SMILES string of the molecule is O=[N+]([O-])c1ccccc1Br.c1cc2ccc1CO2. The molecule has 0 saturated heterocycles. The molecule has 0 saturated carbocycles. The standard InChI is InChI=1S/C7H6O.C6H4BrNO2/c1-3-7-4-2-6(1)5-8-7;7-5-3-1-2-4-6(5)8(9)10/h1-4H,5H2;1-4H. The van der Waals surface area contributed by atoms with Crippen LogP contribution in [0.1, 0.15) is 5.56 Å². The number of hydrogen-bond acceptors (Lipinski definition) is 3. The lowest BCUT2D eigenvalue weighted by atomic mass is 10.2. The van der Waals surface area contributed by atoms with E-state index >= 15 is 0 Å². The van der Waals surface area contributed by atoms with Crippen molar-refractivity contribution in [3.05, 3.63) is 68.7 Å². The van der Waals surface area contributed by atoms with Crippen LogP contribution in [0.25, 0.3) is 0 Å². The number of para-hydroxylation sites is 1. The molecule has 0 spiro atoms. The van der Waals surface area contributed by atoms with Crippen LogP contribution < -0.4 is 4.74 Å². The highest BCUT2D eigenvalue weighted by Crippen LogP contribution is 2.22. The highest BCUT2D eigenvalue weighted by atomic mass is 79.9. The maximum atomic E-state index is 10.2. The first-order valence-corrected chi connectivity index (χ1v) is 6.07. The van der Waals surface area contributed by atoms with Crippen molar-refractivity contribution in [2.45, 2.75) is 6.61 Å². The highest BCUT2D eigenvalue weighted by molar-refractivity contribution is 9.10. The first-order valence-electron chi connectivity index (χ1n) is 5.27. The van der Waals surface area contributed by atoms with Crippen molar-refractivity contribution in [1.82, 2.24) is 0 Å². The van der Waals surface area contributed by atoms with Crippen LogP contribution in [0.2, 0.25) is 0 Å². The first-order chi connectivity index (χ1) is 8.66. The van der Waals surface area contributed by atoms with Crippen molar-refractivity contribution in [3.63, 3.8) is 0 Å². The number of nitro groups is 1. The second-order valence-electron chi connectivity index (χ2n) is 3.64. The van der Waals surface area contributed by atoms with Gasteiger partial charge in [0.25, 0.3) is 5.69 Å². The molecule has 2 aliphatic rings. The summed E-state index contributed by atoms with van der Waals surface area (Å²) in [5.41, 5.74) is 1.36. The zero-order chi connectivity index (χ0) is 13.0. The van der Waals surface area contributed by atoms with Gasteiger partial charge >= 0.3 is 0 Å². The molecular formula is C13H10BrNO3. The normalized spacial score (nSPS) is 11.2. The monoisotopic (exact) mass is 307 g/mol. The van der Waals surface area contributed by atoms with Crippen LogP contribution in [0.15, 0.2) is 53.0 Å². The fourth-order valence-corrected chi connectivity index (χ4v) is 1.88. The van der Waals surface area contributed by atoms with Crippen molar-refractivity contribution < 1.29 is 9.66 Å². The van der Waals surface area contributed by atoms with E-state index in [1.54, 1.807) is 18.2 Å². The van der Waals surface area contributed by atoms with Crippen LogP contribution in [0.3, 0.4) is 0 Å². The van der Waals surface area contributed by atoms with Crippen LogP contribution in [0, 0.1) is 10.1 Å². The summed E-state index contributed by atoms with van der Waals surface area (Å²) in [6.45, 7) is 0.766. The summed E-state index contributed by atoms with van der Waals surface area (Å²) in [4.78, 5) is 9.77. The third-order valence-electron chi connectivity index (χ3n) is 2.38. The topological polar surface area (TPSA) is 52.4 Å². The summed E-state index contributed by atoms with van der Waals surface area (Å²) < 4.78 is 5.70. The van der Waals surface area contributed by atoms with E-state index in [2.05, 4.69) is 28.1 Å². The molecule has 0 radical (unpaired) electrons. The summed E-state index contributed by atoms with van der Waals surface area (Å²) in [6.07, 6.45) is 0. The van der Waals surface area contributed by atoms with E-state index < -0.39 is 4.92 Å². The Labute approximate surface area is 112 Å². The Morgan fingerprint density at radius 1 is 1.11 bits per heavy atom. The molecular weight excluding hydrogens is 298 g/mol. The van der Waals surface area contributed by atoms with E-state index in [4.69, 9.17) is 4.74 Å². The van der Waals surface area contributed by atoms with Crippen LogP contribution >= 0.6 is 15.9 Å². The van der Waals surface area contributed by atoms with Gasteiger partial charge in [0.2, 0.25) is 0 Å². The van der Waals surface area contributed by atoms with E-state index in [-0.39, 0.29) is 5.69 Å². The molecule has 0 N–H and O–H groups in total. The van der Waals surface area contributed by atoms with Crippen LogP contribution in [-0.2, 0) is 6.61 Å². The van der Waals surface area contributed by atoms with Gasteiger partial charge in [-0.1, -0.05) is 24.3 Å². The zero-order valence-corrected chi connectivity index (χ0v) is 11.0. The number of hydrogen-bond donors (Lipinski definition) is 0. The fraction of sp³-hybridized carbons (Fsp3) is 0.0769. The Morgan fingerprint density at radius 3 is 2.06 bits per heavy atom. The van der Waals surface area contributed by atoms with E-state index in [0.29, 0.717) is 4.47 Å². The van der Waals surface area contributed by atoms with Gasteiger partial charge in [0.15, 0.2) is 0 Å². The molecule has 2 bridgehead atoms. The van der Waals surface area contributed by atoms with Gasteiger partial charge in [-0.15, -0.1) is 0 Å². The second-order valence-corrected chi connectivity index (χ2v) is 4.50. The quantitative estimate of drug-likeness (QED) is 0.592. The first kappa shape index (κ1) is 12.6. The summed E-state index contributed by atoms with van der Waals surface area (Å²) >= 11 is 3.06. The lowest BCUT2D eigenvalue weighted by molar-refractivity contribution is -0.385. The van der Waals surface area contributed by atoms with Gasteiger partial charge in [0, 0.05) is 6.07 Å². The molecule has 2 aromatic rings. The highest BCUT2D eigenvalue weighted by Gasteiger charge is 2.07. The minimum atomic E-state index is -0.427. The lowest BCUT2D eigenvalue weighted by Crippen LogP contribution is -2.00. The third-order valence-corrected chi connectivity index (χ3v) is 3.05. The number of benzene rings is 2. The summed E-state index contributed by atoms with van der Waals surface area (Å²) in [5, 5.41) is 10.2. The van der Waals surface area contributed by atoms with Gasteiger partial charge in [-0.25, -0.2) is 0 Å². The molecule has 2 aromatic carbocycles. The average molecular weight is 308 g/mol. The van der Waals surface area contributed by atoms with Gasteiger partial charge in [-0.05, 0) is 39.7 Å². The lowest BCUT2D eigenvalue weighted by Gasteiger charge is -2.11. The van der Waals surface area contributed by atoms with Gasteiger partial charge in [-0.3, -0.25) is 10.1 Å². The fourth-order valence-electron chi connectivity index (χ4n) is 1.45. The summed E-state index contributed by atoms with van der Waals surface area (Å²) in [7, 11) is 0. The molecule has 0 fully saturated rings. The molecule has 0 unspecified atom stereocenters. The minimum Gasteiger partial charge on any atom is -0.489 e. The van der Waals surface area contributed by atoms with Crippen molar-refractivity contribution in [3.8, 4) is 5.75 Å². The average Bonchev–Trinajstić information content (AvgIpc) is 2.42. The Kier molecular flexibility index (Phi) is 3.94. The molecule has 4 rings (SSSR count). The number of nitrogens with zero attached hydrogens (tertiary/aromatic N) is 1. The van der Waals surface area contributed by atoms with Gasteiger partial charge < -0.3 is 4.74 Å². The Morgan fingerprint density at radius 2 is 1.78 bits per heavy atom. The van der Waals surface area contributed by atoms with Crippen molar-refractivity contribution >= 4 is 21.6 Å². The molecule has 2 heterocycles. The Balaban J connectivity index is 0.000000136. The Hall–Kier alpha value is -1.88. The summed E-state index contributed by atoms with van der Waals surface area (Å²) in [6, 6.07) is 14.6. The number of halogens is 1. The molecule has 0 aliphatic carbocycles. The van der Waals surface area contributed by atoms with E-state index in [1.807, 2.05) is 12.1 Å². The van der Waals surface area contributed by atoms with Crippen LogP contribution in [0.4, 0.5) is 5.69 Å². The van der Waals surface area contributed by atoms with E-state index in [1.165, 1.54) is 11.6 Å². The van der Waals surface area contributed by atoms with Crippen molar-refractivity contribution in [2.24, 2.45) is 0 Å². The minimum absolute atomic E-state index is 0.0995. The predicted octanol–water partition coefficient (Wildman–Crippen LogP) is 3.94. The third kappa shape index (κ3) is 3.07. The second kappa shape index (κ2) is 5.64. The number of rotatable bonds is 1. The van der Waals surface area contributed by atoms with E-state index in [0.717, 1.165) is 12.4 Å². The summed E-state index contributed by atoms with van der Waals surface area (Å²) in [5.74, 6) is 0.986. The predicted molar refractivity (Wildman–Crippen MR) is 71.6 cm³/mol. The van der Waals surface area contributed by atoms with Crippen molar-refractivity contribution in [2.75, 3.05) is 0 Å². The molecule has 0 aromatic heterocycles. The molecule has 4 nitrogen and oxygen atoms in total. The number of nitro benzene ring substituents is 1. The largest absolute Gasteiger partial charge is 0.489 e. The molecule has 0 atom stereocenters. The van der Waals surface area contributed by atoms with Gasteiger partial charge in [-0.2, -0.15) is 0 Å². The molecule has 2 aliphatic heterocycles. The molecule has 0 amide bonds. The maximum absolute atomic E-state index is 10.2.